The van der Waals surface area contributed by atoms with Crippen molar-refractivity contribution in [3.8, 4) is 11.5 Å². The summed E-state index contributed by atoms with van der Waals surface area (Å²) >= 11 is 8.98. The fraction of sp³-hybridized carbons (Fsp3) is 0.0833. The highest BCUT2D eigenvalue weighted by Gasteiger charge is 2.05. The Balaban J connectivity index is 2.27. The SMILES string of the molecule is Fc1ccc(Br)c(Oc2cncc(CCl)c2)c1. The number of hydrogen-bond donors (Lipinski definition) is 0. The summed E-state index contributed by atoms with van der Waals surface area (Å²) in [5.74, 6) is 0.923. The van der Waals surface area contributed by atoms with Crippen LogP contribution in [0.4, 0.5) is 4.39 Å². The molecule has 0 aliphatic heterocycles. The van der Waals surface area contributed by atoms with E-state index in [4.69, 9.17) is 16.3 Å². The topological polar surface area (TPSA) is 22.1 Å². The van der Waals surface area contributed by atoms with E-state index in [2.05, 4.69) is 20.9 Å². The first-order valence-electron chi connectivity index (χ1n) is 4.82. The first kappa shape index (κ1) is 12.3. The van der Waals surface area contributed by atoms with Crippen LogP contribution in [0.25, 0.3) is 0 Å². The number of rotatable bonds is 3. The molecule has 1 heterocycles. The zero-order valence-corrected chi connectivity index (χ0v) is 11.0. The number of ether oxygens (including phenoxy) is 1. The third kappa shape index (κ3) is 3.17. The summed E-state index contributed by atoms with van der Waals surface area (Å²) in [6.07, 6.45) is 3.20. The van der Waals surface area contributed by atoms with E-state index < -0.39 is 0 Å². The van der Waals surface area contributed by atoms with Gasteiger partial charge < -0.3 is 4.74 Å². The summed E-state index contributed by atoms with van der Waals surface area (Å²) in [4.78, 5) is 3.99. The molecule has 0 amide bonds. The average Bonchev–Trinajstić information content (AvgIpc) is 2.34. The largest absolute Gasteiger partial charge is 0.454 e. The Morgan fingerprint density at radius 3 is 2.88 bits per heavy atom. The maximum atomic E-state index is 13.1. The van der Waals surface area contributed by atoms with Crippen LogP contribution in [-0.4, -0.2) is 4.98 Å². The van der Waals surface area contributed by atoms with Crippen molar-refractivity contribution in [2.75, 3.05) is 0 Å². The van der Waals surface area contributed by atoms with E-state index in [0.717, 1.165) is 5.56 Å². The van der Waals surface area contributed by atoms with Gasteiger partial charge in [-0.05, 0) is 39.7 Å². The molecule has 5 heteroatoms. The van der Waals surface area contributed by atoms with E-state index >= 15 is 0 Å². The summed E-state index contributed by atoms with van der Waals surface area (Å²) in [5, 5.41) is 0. The molecule has 0 spiro atoms. The third-order valence-corrected chi connectivity index (χ3v) is 3.01. The fourth-order valence-electron chi connectivity index (χ4n) is 1.28. The zero-order chi connectivity index (χ0) is 12.3. The lowest BCUT2D eigenvalue weighted by Crippen LogP contribution is -1.89. The van der Waals surface area contributed by atoms with Crippen molar-refractivity contribution in [3.05, 3.63) is 52.5 Å². The lowest BCUT2D eigenvalue weighted by Gasteiger charge is -2.08. The van der Waals surface area contributed by atoms with E-state index in [0.29, 0.717) is 21.9 Å². The summed E-state index contributed by atoms with van der Waals surface area (Å²) in [6.45, 7) is 0. The Labute approximate surface area is 112 Å². The molecule has 0 aliphatic rings. The van der Waals surface area contributed by atoms with Crippen LogP contribution in [0.1, 0.15) is 5.56 Å². The van der Waals surface area contributed by atoms with Gasteiger partial charge in [0.2, 0.25) is 0 Å². The molecule has 0 atom stereocenters. The van der Waals surface area contributed by atoms with Gasteiger partial charge in [0.25, 0.3) is 0 Å². The van der Waals surface area contributed by atoms with Gasteiger partial charge in [-0.25, -0.2) is 4.39 Å². The predicted octanol–water partition coefficient (Wildman–Crippen LogP) is 4.51. The number of benzene rings is 1. The highest BCUT2D eigenvalue weighted by molar-refractivity contribution is 9.10. The average molecular weight is 317 g/mol. The minimum atomic E-state index is -0.357. The van der Waals surface area contributed by atoms with Crippen LogP contribution >= 0.6 is 27.5 Å². The molecule has 2 rings (SSSR count). The summed E-state index contributed by atoms with van der Waals surface area (Å²) in [5.41, 5.74) is 0.844. The highest BCUT2D eigenvalue weighted by atomic mass is 79.9. The molecule has 1 aromatic carbocycles. The Morgan fingerprint density at radius 1 is 1.29 bits per heavy atom. The number of alkyl halides is 1. The molecular weight excluding hydrogens is 308 g/mol. The van der Waals surface area contributed by atoms with Gasteiger partial charge in [-0.1, -0.05) is 0 Å². The molecule has 0 N–H and O–H groups in total. The molecule has 17 heavy (non-hydrogen) atoms. The van der Waals surface area contributed by atoms with Crippen molar-refractivity contribution in [2.24, 2.45) is 0 Å². The maximum Gasteiger partial charge on any atom is 0.146 e. The normalized spacial score (nSPS) is 10.3. The van der Waals surface area contributed by atoms with Crippen molar-refractivity contribution in [3.63, 3.8) is 0 Å². The van der Waals surface area contributed by atoms with Gasteiger partial charge in [0.05, 0.1) is 10.7 Å². The monoisotopic (exact) mass is 315 g/mol. The maximum absolute atomic E-state index is 13.1. The van der Waals surface area contributed by atoms with Crippen molar-refractivity contribution in [1.29, 1.82) is 0 Å². The van der Waals surface area contributed by atoms with E-state index in [1.165, 1.54) is 12.1 Å². The van der Waals surface area contributed by atoms with E-state index in [1.54, 1.807) is 24.5 Å². The molecule has 0 aliphatic carbocycles. The van der Waals surface area contributed by atoms with Crippen molar-refractivity contribution in [2.45, 2.75) is 5.88 Å². The zero-order valence-electron chi connectivity index (χ0n) is 8.66. The lowest BCUT2D eigenvalue weighted by atomic mass is 10.3. The minimum absolute atomic E-state index is 0.356. The standard InChI is InChI=1S/C12H8BrClFNO/c13-11-2-1-9(15)4-12(11)17-10-3-8(5-14)6-16-7-10/h1-4,6-7H,5H2. The number of halogens is 3. The summed E-state index contributed by atoms with van der Waals surface area (Å²) in [7, 11) is 0. The minimum Gasteiger partial charge on any atom is -0.454 e. The van der Waals surface area contributed by atoms with E-state index in [-0.39, 0.29) is 5.82 Å². The van der Waals surface area contributed by atoms with Gasteiger partial charge in [0.1, 0.15) is 17.3 Å². The quantitative estimate of drug-likeness (QED) is 0.777. The van der Waals surface area contributed by atoms with Gasteiger partial charge in [0.15, 0.2) is 0 Å². The van der Waals surface area contributed by atoms with Crippen LogP contribution in [-0.2, 0) is 5.88 Å². The van der Waals surface area contributed by atoms with Gasteiger partial charge in [-0.15, -0.1) is 11.6 Å². The molecule has 2 nitrogen and oxygen atoms in total. The molecule has 1 aromatic heterocycles. The lowest BCUT2D eigenvalue weighted by molar-refractivity contribution is 0.471. The highest BCUT2D eigenvalue weighted by Crippen LogP contribution is 2.30. The first-order valence-corrected chi connectivity index (χ1v) is 6.14. The second-order valence-corrected chi connectivity index (χ2v) is 4.46. The van der Waals surface area contributed by atoms with Crippen LogP contribution in [0.3, 0.4) is 0 Å². The fourth-order valence-corrected chi connectivity index (χ4v) is 1.75. The van der Waals surface area contributed by atoms with Gasteiger partial charge in [0, 0.05) is 18.1 Å². The smallest absolute Gasteiger partial charge is 0.146 e. The van der Waals surface area contributed by atoms with Crippen LogP contribution < -0.4 is 4.74 Å². The van der Waals surface area contributed by atoms with Gasteiger partial charge in [-0.3, -0.25) is 4.98 Å². The molecular formula is C12H8BrClFNO. The van der Waals surface area contributed by atoms with Gasteiger partial charge >= 0.3 is 0 Å². The van der Waals surface area contributed by atoms with Crippen LogP contribution in [0, 0.1) is 5.82 Å². The molecule has 0 saturated heterocycles. The van der Waals surface area contributed by atoms with Crippen molar-refractivity contribution >= 4 is 27.5 Å². The summed E-state index contributed by atoms with van der Waals surface area (Å²) < 4.78 is 19.3. The van der Waals surface area contributed by atoms with Crippen LogP contribution in [0.5, 0.6) is 11.5 Å². The van der Waals surface area contributed by atoms with Crippen molar-refractivity contribution in [1.82, 2.24) is 4.98 Å². The number of aromatic nitrogens is 1. The molecule has 2 aromatic rings. The third-order valence-electron chi connectivity index (χ3n) is 2.05. The molecule has 0 radical (unpaired) electrons. The Bertz CT molecular complexity index is 536. The first-order chi connectivity index (χ1) is 8.19. The van der Waals surface area contributed by atoms with E-state index in [1.807, 2.05) is 0 Å². The van der Waals surface area contributed by atoms with Gasteiger partial charge in [-0.2, -0.15) is 0 Å². The Hall–Kier alpha value is -1.13. The summed E-state index contributed by atoms with van der Waals surface area (Å²) in [6, 6.07) is 6.00. The van der Waals surface area contributed by atoms with Crippen LogP contribution in [0.2, 0.25) is 0 Å². The van der Waals surface area contributed by atoms with Crippen LogP contribution in [0.15, 0.2) is 41.1 Å². The number of hydrogen-bond acceptors (Lipinski definition) is 2. The molecule has 88 valence electrons. The molecule has 0 unspecified atom stereocenters. The molecule has 0 bridgehead atoms. The number of pyridine rings is 1. The Morgan fingerprint density at radius 2 is 2.12 bits per heavy atom. The molecule has 0 saturated carbocycles. The molecule has 0 fully saturated rings. The number of nitrogens with zero attached hydrogens (tertiary/aromatic N) is 1. The second-order valence-electron chi connectivity index (χ2n) is 3.34. The Kier molecular flexibility index (Phi) is 3.97. The predicted molar refractivity (Wildman–Crippen MR) is 68.0 cm³/mol. The van der Waals surface area contributed by atoms with E-state index in [9.17, 15) is 4.39 Å². The van der Waals surface area contributed by atoms with Crippen molar-refractivity contribution < 1.29 is 9.13 Å². The second kappa shape index (κ2) is 5.47.